The summed E-state index contributed by atoms with van der Waals surface area (Å²) in [5, 5.41) is 17.6. The Balaban J connectivity index is 2.45. The zero-order chi connectivity index (χ0) is 25.1. The van der Waals surface area contributed by atoms with Crippen LogP contribution in [0.4, 0.5) is 28.9 Å². The second-order valence-corrected chi connectivity index (χ2v) is 7.41. The first-order chi connectivity index (χ1) is 15.3. The van der Waals surface area contributed by atoms with E-state index in [1.165, 1.54) is 43.4 Å². The van der Waals surface area contributed by atoms with Crippen LogP contribution < -0.4 is 15.3 Å². The lowest BCUT2D eigenvalue weighted by Crippen LogP contribution is -2.55. The summed E-state index contributed by atoms with van der Waals surface area (Å²) in [6, 6.07) is 5.29. The van der Waals surface area contributed by atoms with Crippen LogP contribution in [0.3, 0.4) is 0 Å². The van der Waals surface area contributed by atoms with E-state index >= 15 is 0 Å². The van der Waals surface area contributed by atoms with Crippen molar-refractivity contribution in [2.45, 2.75) is 25.6 Å². The quantitative estimate of drug-likeness (QED) is 0.280. The fraction of sp³-hybridized carbons (Fsp3) is 0.250. The van der Waals surface area contributed by atoms with Crippen molar-refractivity contribution in [2.75, 3.05) is 16.8 Å². The molecule has 174 valence electrons. The average Bonchev–Trinajstić information content (AvgIpc) is 2.77. The SMILES string of the molecule is CN(c1ccc(C(=O)NO)c(F)c1)C(C)(C)C(=O)N(C=S)c1cnc(C#N)c(C(F)(F)F)c1. The molecule has 0 spiro atoms. The Bertz CT molecular complexity index is 1150. The molecular weight excluding hydrogens is 466 g/mol. The normalized spacial score (nSPS) is 11.4. The van der Waals surface area contributed by atoms with Crippen molar-refractivity contribution in [1.29, 1.82) is 5.26 Å². The molecular formula is C20H17F4N5O3S. The van der Waals surface area contributed by atoms with Gasteiger partial charge in [-0.1, -0.05) is 12.2 Å². The number of nitriles is 1. The third-order valence-electron chi connectivity index (χ3n) is 4.93. The van der Waals surface area contributed by atoms with E-state index < -0.39 is 46.2 Å². The minimum absolute atomic E-state index is 0.151. The number of alkyl halides is 3. The number of aromatic nitrogens is 1. The molecule has 1 aromatic heterocycles. The monoisotopic (exact) mass is 483 g/mol. The van der Waals surface area contributed by atoms with E-state index in [0.717, 1.165) is 28.7 Å². The number of carbonyl (C=O) groups is 2. The van der Waals surface area contributed by atoms with E-state index in [1.54, 1.807) is 0 Å². The first-order valence-corrected chi connectivity index (χ1v) is 9.50. The molecule has 2 amide bonds. The van der Waals surface area contributed by atoms with E-state index in [4.69, 9.17) is 22.7 Å². The van der Waals surface area contributed by atoms with Crippen molar-refractivity contribution in [3.63, 3.8) is 0 Å². The Kier molecular flexibility index (Phi) is 7.36. The largest absolute Gasteiger partial charge is 0.419 e. The van der Waals surface area contributed by atoms with Crippen molar-refractivity contribution < 1.29 is 32.4 Å². The lowest BCUT2D eigenvalue weighted by atomic mass is 9.99. The number of likely N-dealkylation sites (N-methyl/N-ethyl adjacent to an activating group) is 1. The van der Waals surface area contributed by atoms with Gasteiger partial charge in [0, 0.05) is 12.7 Å². The third-order valence-corrected chi connectivity index (χ3v) is 5.15. The van der Waals surface area contributed by atoms with Crippen LogP contribution in [0.15, 0.2) is 30.5 Å². The first kappa shape index (κ1) is 25.6. The molecule has 0 aliphatic rings. The molecule has 0 fully saturated rings. The number of thiocarbonyl (C=S) groups is 1. The van der Waals surface area contributed by atoms with Gasteiger partial charge in [0.25, 0.3) is 11.8 Å². The van der Waals surface area contributed by atoms with Gasteiger partial charge in [0.05, 0.1) is 28.5 Å². The molecule has 8 nitrogen and oxygen atoms in total. The zero-order valence-electron chi connectivity index (χ0n) is 17.4. The molecule has 0 aliphatic carbocycles. The minimum Gasteiger partial charge on any atom is -0.361 e. The molecule has 0 radical (unpaired) electrons. The zero-order valence-corrected chi connectivity index (χ0v) is 18.3. The molecule has 0 bridgehead atoms. The maximum absolute atomic E-state index is 14.3. The van der Waals surface area contributed by atoms with E-state index in [0.29, 0.717) is 6.07 Å². The molecule has 33 heavy (non-hydrogen) atoms. The Morgan fingerprint density at radius 2 is 1.88 bits per heavy atom. The van der Waals surface area contributed by atoms with Gasteiger partial charge in [-0.05, 0) is 38.1 Å². The number of hydroxylamine groups is 1. The highest BCUT2D eigenvalue weighted by molar-refractivity contribution is 7.79. The highest BCUT2D eigenvalue weighted by Crippen LogP contribution is 2.34. The van der Waals surface area contributed by atoms with E-state index in [1.807, 2.05) is 0 Å². The second kappa shape index (κ2) is 9.47. The average molecular weight is 483 g/mol. The Morgan fingerprint density at radius 3 is 2.36 bits per heavy atom. The molecule has 0 atom stereocenters. The van der Waals surface area contributed by atoms with Crippen molar-refractivity contribution in [3.8, 4) is 6.07 Å². The first-order valence-electron chi connectivity index (χ1n) is 9.03. The van der Waals surface area contributed by atoms with Crippen LogP contribution in [-0.2, 0) is 11.0 Å². The van der Waals surface area contributed by atoms with Crippen molar-refractivity contribution >= 4 is 40.9 Å². The number of carbonyl (C=O) groups excluding carboxylic acids is 2. The molecule has 2 N–H and O–H groups in total. The predicted molar refractivity (Wildman–Crippen MR) is 113 cm³/mol. The smallest absolute Gasteiger partial charge is 0.361 e. The standard InChI is InChI=1S/C20H17F4N5O3S/c1-19(2,28(3)11-4-5-13(15(21)7-11)17(30)27-32)18(31)29(10-33)12-6-14(20(22,23)24)16(8-25)26-9-12/h4-7,9-10,32H,1-3H3,(H,27,30). The van der Waals surface area contributed by atoms with Gasteiger partial charge in [-0.15, -0.1) is 0 Å². The van der Waals surface area contributed by atoms with Crippen LogP contribution in [0.5, 0.6) is 0 Å². The van der Waals surface area contributed by atoms with Crippen molar-refractivity contribution in [3.05, 3.63) is 53.1 Å². The number of pyridine rings is 1. The van der Waals surface area contributed by atoms with Crippen LogP contribution >= 0.6 is 12.2 Å². The summed E-state index contributed by atoms with van der Waals surface area (Å²) in [5.74, 6) is -2.83. The Labute approximate surface area is 191 Å². The molecule has 1 aromatic carbocycles. The summed E-state index contributed by atoms with van der Waals surface area (Å²) in [7, 11) is 1.43. The molecule has 0 saturated carbocycles. The van der Waals surface area contributed by atoms with Gasteiger partial charge in [0.1, 0.15) is 17.4 Å². The highest BCUT2D eigenvalue weighted by Gasteiger charge is 2.39. The van der Waals surface area contributed by atoms with E-state index in [-0.39, 0.29) is 11.4 Å². The second-order valence-electron chi connectivity index (χ2n) is 7.20. The number of nitrogens with one attached hydrogen (secondary N) is 1. The third kappa shape index (κ3) is 5.07. The van der Waals surface area contributed by atoms with Crippen LogP contribution in [0.1, 0.15) is 35.5 Å². The van der Waals surface area contributed by atoms with Gasteiger partial charge >= 0.3 is 6.18 Å². The molecule has 0 unspecified atom stereocenters. The maximum atomic E-state index is 14.3. The number of anilines is 2. The number of rotatable bonds is 6. The van der Waals surface area contributed by atoms with Crippen LogP contribution in [0.2, 0.25) is 0 Å². The van der Waals surface area contributed by atoms with E-state index in [2.05, 4.69) is 4.98 Å². The highest BCUT2D eigenvalue weighted by atomic mass is 32.1. The number of hydrogen-bond donors (Lipinski definition) is 2. The summed E-state index contributed by atoms with van der Waals surface area (Å²) in [6.45, 7) is 2.85. The molecule has 0 aliphatic heterocycles. The fourth-order valence-electron chi connectivity index (χ4n) is 2.83. The Hall–Kier alpha value is -3.63. The lowest BCUT2D eigenvalue weighted by molar-refractivity contribution is -0.138. The van der Waals surface area contributed by atoms with Crippen molar-refractivity contribution in [1.82, 2.24) is 10.5 Å². The number of amides is 2. The summed E-state index contributed by atoms with van der Waals surface area (Å²) in [5.41, 5.74) is -2.14. The van der Waals surface area contributed by atoms with Crippen molar-refractivity contribution in [2.24, 2.45) is 0 Å². The minimum atomic E-state index is -4.89. The fourth-order valence-corrected chi connectivity index (χ4v) is 3.05. The number of nitrogens with zero attached hydrogens (tertiary/aromatic N) is 4. The summed E-state index contributed by atoms with van der Waals surface area (Å²) in [6.07, 6.45) is -3.98. The summed E-state index contributed by atoms with van der Waals surface area (Å²) in [4.78, 5) is 30.3. The number of hydrogen-bond acceptors (Lipinski definition) is 7. The number of benzene rings is 1. The molecule has 13 heteroatoms. The van der Waals surface area contributed by atoms with Crippen LogP contribution in [-0.4, -0.2) is 40.1 Å². The lowest BCUT2D eigenvalue weighted by Gasteiger charge is -2.38. The van der Waals surface area contributed by atoms with Gasteiger partial charge in [0.15, 0.2) is 5.69 Å². The molecule has 2 rings (SSSR count). The van der Waals surface area contributed by atoms with Crippen LogP contribution in [0.25, 0.3) is 0 Å². The summed E-state index contributed by atoms with van der Waals surface area (Å²) < 4.78 is 54.2. The molecule has 1 heterocycles. The van der Waals surface area contributed by atoms with E-state index in [9.17, 15) is 27.2 Å². The van der Waals surface area contributed by atoms with Gasteiger partial charge in [-0.25, -0.2) is 14.9 Å². The van der Waals surface area contributed by atoms with Gasteiger partial charge in [-0.3, -0.25) is 19.7 Å². The van der Waals surface area contributed by atoms with Crippen LogP contribution in [0, 0.1) is 17.1 Å². The molecule has 2 aromatic rings. The predicted octanol–water partition coefficient (Wildman–Crippen LogP) is 3.44. The van der Waals surface area contributed by atoms with Gasteiger partial charge < -0.3 is 4.90 Å². The Morgan fingerprint density at radius 1 is 1.24 bits per heavy atom. The van der Waals surface area contributed by atoms with Gasteiger partial charge in [-0.2, -0.15) is 18.4 Å². The van der Waals surface area contributed by atoms with Gasteiger partial charge in [0.2, 0.25) is 0 Å². The topological polar surface area (TPSA) is 110 Å². The molecule has 0 saturated heterocycles. The maximum Gasteiger partial charge on any atom is 0.419 e. The summed E-state index contributed by atoms with van der Waals surface area (Å²) >= 11 is 4.84. The number of halogens is 4.